The Morgan fingerprint density at radius 1 is 1.21 bits per heavy atom. The summed E-state index contributed by atoms with van der Waals surface area (Å²) in [7, 11) is 1.94. The summed E-state index contributed by atoms with van der Waals surface area (Å²) >= 11 is 1.77. The average molecular weight is 400 g/mol. The fraction of sp³-hybridized carbons (Fsp3) is 0.450. The molecular weight excluding hydrogens is 374 g/mol. The number of carbonyl (C=O) groups excluding carboxylic acids is 2. The monoisotopic (exact) mass is 399 g/mol. The summed E-state index contributed by atoms with van der Waals surface area (Å²) in [5.41, 5.74) is 0.962. The van der Waals surface area contributed by atoms with Crippen molar-refractivity contribution in [2.45, 2.75) is 23.8 Å². The molecule has 1 aromatic carbocycles. The van der Waals surface area contributed by atoms with E-state index in [1.807, 2.05) is 51.9 Å². The van der Waals surface area contributed by atoms with Gasteiger partial charge >= 0.3 is 0 Å². The molecule has 2 aliphatic heterocycles. The van der Waals surface area contributed by atoms with Crippen molar-refractivity contribution in [3.05, 3.63) is 42.5 Å². The summed E-state index contributed by atoms with van der Waals surface area (Å²) in [5.74, 6) is 1.79. The van der Waals surface area contributed by atoms with Gasteiger partial charge in [0.15, 0.2) is 0 Å². The third-order valence-corrected chi connectivity index (χ3v) is 6.35. The molecule has 7 nitrogen and oxygen atoms in total. The van der Waals surface area contributed by atoms with Gasteiger partial charge in [0.2, 0.25) is 11.8 Å². The minimum Gasteiger partial charge on any atom is -0.336 e. The molecule has 0 bridgehead atoms. The smallest absolute Gasteiger partial charge is 0.227 e. The summed E-state index contributed by atoms with van der Waals surface area (Å²) in [6, 6.07) is 7.88. The Hall–Kier alpha value is -2.32. The first-order valence-corrected chi connectivity index (χ1v) is 10.6. The second-order valence-electron chi connectivity index (χ2n) is 7.06. The Kier molecular flexibility index (Phi) is 5.68. The molecule has 1 fully saturated rings. The van der Waals surface area contributed by atoms with Crippen LogP contribution in [0.25, 0.3) is 0 Å². The number of amides is 2. The van der Waals surface area contributed by atoms with Crippen molar-refractivity contribution < 1.29 is 9.59 Å². The first-order chi connectivity index (χ1) is 13.6. The molecule has 0 aliphatic carbocycles. The average Bonchev–Trinajstić information content (AvgIpc) is 3.17. The van der Waals surface area contributed by atoms with Crippen molar-refractivity contribution in [2.24, 2.45) is 7.05 Å². The number of benzene rings is 1. The molecule has 0 radical (unpaired) electrons. The minimum atomic E-state index is -0.0940. The number of nitrogens with one attached hydrogen (secondary N) is 1. The summed E-state index contributed by atoms with van der Waals surface area (Å²) in [4.78, 5) is 35.0. The Morgan fingerprint density at radius 2 is 2.04 bits per heavy atom. The van der Waals surface area contributed by atoms with Crippen LogP contribution in [0, 0.1) is 0 Å². The Labute approximate surface area is 169 Å². The van der Waals surface area contributed by atoms with Crippen molar-refractivity contribution in [1.29, 1.82) is 0 Å². The van der Waals surface area contributed by atoms with Crippen molar-refractivity contribution >= 4 is 29.3 Å². The van der Waals surface area contributed by atoms with E-state index in [2.05, 4.69) is 10.3 Å². The Morgan fingerprint density at radius 3 is 2.86 bits per heavy atom. The first kappa shape index (κ1) is 19.0. The van der Waals surface area contributed by atoms with Crippen molar-refractivity contribution in [2.75, 3.05) is 36.8 Å². The van der Waals surface area contributed by atoms with E-state index in [0.29, 0.717) is 19.6 Å². The lowest BCUT2D eigenvalue weighted by atomic mass is 10.1. The van der Waals surface area contributed by atoms with E-state index in [0.717, 1.165) is 28.7 Å². The highest BCUT2D eigenvalue weighted by atomic mass is 32.2. The number of rotatable bonds is 4. The largest absolute Gasteiger partial charge is 0.336 e. The number of nitrogens with zero attached hydrogens (tertiary/aromatic N) is 4. The number of imidazole rings is 1. The highest BCUT2D eigenvalue weighted by Crippen LogP contribution is 2.34. The molecule has 1 saturated heterocycles. The third-order valence-electron chi connectivity index (χ3n) is 5.30. The van der Waals surface area contributed by atoms with Gasteiger partial charge in [-0.3, -0.25) is 9.59 Å². The van der Waals surface area contributed by atoms with Gasteiger partial charge in [-0.05, 0) is 12.1 Å². The fourth-order valence-corrected chi connectivity index (χ4v) is 4.85. The SMILES string of the molecule is Cn1ccnc1C1CNCCN1C(=O)CCC(=O)N1CCSc2ccccc21. The van der Waals surface area contributed by atoms with Crippen LogP contribution in [0.15, 0.2) is 41.6 Å². The maximum atomic E-state index is 12.9. The molecule has 0 spiro atoms. The number of piperazine rings is 1. The van der Waals surface area contributed by atoms with Gasteiger partial charge in [0, 0.05) is 69.1 Å². The number of fused-ring (bicyclic) bond motifs is 1. The maximum Gasteiger partial charge on any atom is 0.227 e. The van der Waals surface area contributed by atoms with Crippen LogP contribution in [0.1, 0.15) is 24.7 Å². The van der Waals surface area contributed by atoms with E-state index in [1.165, 1.54) is 0 Å². The summed E-state index contributed by atoms with van der Waals surface area (Å²) in [6.45, 7) is 2.77. The van der Waals surface area contributed by atoms with Gasteiger partial charge in [-0.15, -0.1) is 11.8 Å². The lowest BCUT2D eigenvalue weighted by Gasteiger charge is -2.36. The first-order valence-electron chi connectivity index (χ1n) is 9.65. The second-order valence-corrected chi connectivity index (χ2v) is 8.20. The number of para-hydroxylation sites is 1. The van der Waals surface area contributed by atoms with Gasteiger partial charge in [-0.2, -0.15) is 0 Å². The molecule has 28 heavy (non-hydrogen) atoms. The van der Waals surface area contributed by atoms with Gasteiger partial charge in [0.25, 0.3) is 0 Å². The molecule has 148 valence electrons. The van der Waals surface area contributed by atoms with Crippen LogP contribution in [0.4, 0.5) is 5.69 Å². The molecular formula is C20H25N5O2S. The molecule has 4 rings (SSSR count). The van der Waals surface area contributed by atoms with Crippen molar-refractivity contribution in [1.82, 2.24) is 19.8 Å². The van der Waals surface area contributed by atoms with Crippen LogP contribution in [-0.4, -0.2) is 58.2 Å². The zero-order valence-corrected chi connectivity index (χ0v) is 16.8. The molecule has 8 heteroatoms. The van der Waals surface area contributed by atoms with Gasteiger partial charge in [-0.1, -0.05) is 12.1 Å². The van der Waals surface area contributed by atoms with Crippen LogP contribution in [0.2, 0.25) is 0 Å². The zero-order chi connectivity index (χ0) is 19.5. The van der Waals surface area contributed by atoms with E-state index in [1.54, 1.807) is 18.0 Å². The number of carbonyl (C=O) groups is 2. The number of anilines is 1. The second kappa shape index (κ2) is 8.36. The lowest BCUT2D eigenvalue weighted by Crippen LogP contribution is -2.49. The minimum absolute atomic E-state index is 0.0162. The van der Waals surface area contributed by atoms with Crippen LogP contribution in [0.3, 0.4) is 0 Å². The van der Waals surface area contributed by atoms with E-state index in [9.17, 15) is 9.59 Å². The number of aromatic nitrogens is 2. The Balaban J connectivity index is 1.41. The Bertz CT molecular complexity index is 868. The van der Waals surface area contributed by atoms with Crippen LogP contribution >= 0.6 is 11.8 Å². The number of thioether (sulfide) groups is 1. The quantitative estimate of drug-likeness (QED) is 0.849. The van der Waals surface area contributed by atoms with E-state index < -0.39 is 0 Å². The third kappa shape index (κ3) is 3.79. The van der Waals surface area contributed by atoms with Gasteiger partial charge in [0.1, 0.15) is 11.9 Å². The number of hydrogen-bond donors (Lipinski definition) is 1. The molecule has 2 amide bonds. The van der Waals surface area contributed by atoms with Gasteiger partial charge in [0.05, 0.1) is 5.69 Å². The molecule has 1 atom stereocenters. The van der Waals surface area contributed by atoms with Crippen LogP contribution < -0.4 is 10.2 Å². The molecule has 0 saturated carbocycles. The molecule has 1 aromatic heterocycles. The van der Waals surface area contributed by atoms with Crippen molar-refractivity contribution in [3.8, 4) is 0 Å². The van der Waals surface area contributed by atoms with Gasteiger partial charge < -0.3 is 19.7 Å². The molecule has 1 N–H and O–H groups in total. The number of aryl methyl sites for hydroxylation is 1. The highest BCUT2D eigenvalue weighted by molar-refractivity contribution is 7.99. The summed E-state index contributed by atoms with van der Waals surface area (Å²) in [5, 5.41) is 3.34. The van der Waals surface area contributed by atoms with E-state index in [4.69, 9.17) is 0 Å². The normalized spacial score (nSPS) is 19.4. The fourth-order valence-electron chi connectivity index (χ4n) is 3.85. The molecule has 1 unspecified atom stereocenters. The molecule has 2 aromatic rings. The molecule has 2 aliphatic rings. The standard InChI is InChI=1S/C20H25N5O2S/c1-23-10-9-22-20(23)16-14-21-8-11-24(16)18(26)6-7-19(27)25-12-13-28-17-5-3-2-4-15(17)25/h2-5,9-10,16,21H,6-8,11-14H2,1H3. The zero-order valence-electron chi connectivity index (χ0n) is 16.0. The molecule has 3 heterocycles. The van der Waals surface area contributed by atoms with Gasteiger partial charge in [-0.25, -0.2) is 4.98 Å². The predicted molar refractivity (Wildman–Crippen MR) is 109 cm³/mol. The summed E-state index contributed by atoms with van der Waals surface area (Å²) < 4.78 is 1.95. The lowest BCUT2D eigenvalue weighted by molar-refractivity contribution is -0.136. The van der Waals surface area contributed by atoms with Crippen LogP contribution in [-0.2, 0) is 16.6 Å². The van der Waals surface area contributed by atoms with Crippen molar-refractivity contribution in [3.63, 3.8) is 0 Å². The summed E-state index contributed by atoms with van der Waals surface area (Å²) in [6.07, 6.45) is 4.10. The highest BCUT2D eigenvalue weighted by Gasteiger charge is 2.31. The van der Waals surface area contributed by atoms with E-state index >= 15 is 0 Å². The predicted octanol–water partition coefficient (Wildman–Crippen LogP) is 1.81. The van der Waals surface area contributed by atoms with Crippen LogP contribution in [0.5, 0.6) is 0 Å². The number of hydrogen-bond acceptors (Lipinski definition) is 5. The van der Waals surface area contributed by atoms with E-state index in [-0.39, 0.29) is 30.7 Å². The maximum absolute atomic E-state index is 12.9. The topological polar surface area (TPSA) is 70.5 Å².